The van der Waals surface area contributed by atoms with Gasteiger partial charge in [-0.2, -0.15) is 0 Å². The van der Waals surface area contributed by atoms with Crippen LogP contribution in [0.25, 0.3) is 22.3 Å². The number of hydrogen-bond donors (Lipinski definition) is 0. The van der Waals surface area contributed by atoms with E-state index >= 15 is 0 Å². The first kappa shape index (κ1) is 35.1. The van der Waals surface area contributed by atoms with Gasteiger partial charge in [-0.05, 0) is 142 Å². The van der Waals surface area contributed by atoms with Crippen molar-refractivity contribution in [2.75, 3.05) is 9.80 Å². The number of anilines is 6. The summed E-state index contributed by atoms with van der Waals surface area (Å²) in [5.41, 5.74) is 13.7. The van der Waals surface area contributed by atoms with Crippen molar-refractivity contribution in [3.63, 3.8) is 0 Å². The van der Waals surface area contributed by atoms with Gasteiger partial charge in [0.2, 0.25) is 0 Å². The smallest absolute Gasteiger partial charge is 0.138 e. The molecule has 6 nitrogen and oxygen atoms in total. The van der Waals surface area contributed by atoms with E-state index in [2.05, 4.69) is 122 Å². The lowest BCUT2D eigenvalue weighted by Gasteiger charge is -2.26. The quantitative estimate of drug-likeness (QED) is 0.158. The summed E-state index contributed by atoms with van der Waals surface area (Å²) in [6, 6.07) is 50.6. The van der Waals surface area contributed by atoms with Crippen molar-refractivity contribution in [3.05, 3.63) is 204 Å². The van der Waals surface area contributed by atoms with Crippen LogP contribution in [-0.2, 0) is 10.8 Å². The molecule has 0 saturated carbocycles. The Morgan fingerprint density at radius 1 is 0.362 bits per heavy atom. The summed E-state index contributed by atoms with van der Waals surface area (Å²) in [5, 5.41) is 0. The molecular formula is C52H40N6. The molecule has 0 saturated heterocycles. The molecule has 0 radical (unpaired) electrons. The normalized spacial score (nSPS) is 13.7. The topological polar surface area (TPSA) is 58.0 Å². The molecule has 0 N–H and O–H groups in total. The standard InChI is InChI=1S/C52H40N6/c1-51(2)43-31-35(19-23-39(43)41-25-21-37(33-45(41)51)57(47-13-5-9-27-53-47)48-14-6-10-28-54-48)17-18-36-20-24-40-42-26-22-38(34-46(42)52(3,4)44(40)32-36)58(49-15-7-11-29-55-49)50-16-8-12-30-56-50/h5-16,19-34H,1-4H3. The van der Waals surface area contributed by atoms with Gasteiger partial charge in [0.15, 0.2) is 0 Å². The van der Waals surface area contributed by atoms with E-state index in [9.17, 15) is 0 Å². The van der Waals surface area contributed by atoms with Gasteiger partial charge in [0, 0.05) is 58.1 Å². The molecule has 4 heterocycles. The van der Waals surface area contributed by atoms with Gasteiger partial charge in [0.25, 0.3) is 0 Å². The van der Waals surface area contributed by atoms with Crippen molar-refractivity contribution in [3.8, 4) is 34.1 Å². The molecule has 0 aliphatic heterocycles. The van der Waals surface area contributed by atoms with Gasteiger partial charge in [-0.15, -0.1) is 0 Å². The van der Waals surface area contributed by atoms with Crippen molar-refractivity contribution in [1.29, 1.82) is 0 Å². The predicted octanol–water partition coefficient (Wildman–Crippen LogP) is 12.2. The predicted molar refractivity (Wildman–Crippen MR) is 235 cm³/mol. The van der Waals surface area contributed by atoms with Gasteiger partial charge >= 0.3 is 0 Å². The highest BCUT2D eigenvalue weighted by Gasteiger charge is 2.38. The Labute approximate surface area is 339 Å². The zero-order chi connectivity index (χ0) is 39.4. The Morgan fingerprint density at radius 3 is 0.983 bits per heavy atom. The maximum Gasteiger partial charge on any atom is 0.138 e. The van der Waals surface area contributed by atoms with Crippen LogP contribution in [0.15, 0.2) is 170 Å². The minimum Gasteiger partial charge on any atom is -0.279 e. The van der Waals surface area contributed by atoms with E-state index in [1.165, 1.54) is 44.5 Å². The van der Waals surface area contributed by atoms with E-state index in [-0.39, 0.29) is 10.8 Å². The SMILES string of the molecule is CC1(C)c2cc(C#Cc3ccc4c(c3)C(C)(C)c3cc(N(c5ccccn5)c5ccccn5)ccc3-4)ccc2-c2ccc(N(c3ccccn3)c3ccccn3)cc21. The average Bonchev–Trinajstić information content (AvgIpc) is 3.63. The number of hydrogen-bond acceptors (Lipinski definition) is 6. The van der Waals surface area contributed by atoms with Gasteiger partial charge in [-0.25, -0.2) is 19.9 Å². The Hall–Kier alpha value is -7.36. The lowest BCUT2D eigenvalue weighted by atomic mass is 9.81. The van der Waals surface area contributed by atoms with Crippen LogP contribution in [0.5, 0.6) is 0 Å². The van der Waals surface area contributed by atoms with E-state index < -0.39 is 0 Å². The molecule has 0 spiro atoms. The highest BCUT2D eigenvalue weighted by Crippen LogP contribution is 2.52. The molecule has 8 aromatic rings. The van der Waals surface area contributed by atoms with Crippen LogP contribution in [-0.4, -0.2) is 19.9 Å². The number of aromatic nitrogens is 4. The minimum absolute atomic E-state index is 0.233. The summed E-state index contributed by atoms with van der Waals surface area (Å²) in [5.74, 6) is 10.4. The molecule has 10 rings (SSSR count). The summed E-state index contributed by atoms with van der Waals surface area (Å²) in [6.07, 6.45) is 7.29. The molecule has 2 aliphatic carbocycles. The van der Waals surface area contributed by atoms with Gasteiger partial charge < -0.3 is 0 Å². The fourth-order valence-corrected chi connectivity index (χ4v) is 8.74. The van der Waals surface area contributed by atoms with E-state index in [4.69, 9.17) is 19.9 Å². The maximum absolute atomic E-state index is 4.69. The maximum atomic E-state index is 4.69. The van der Waals surface area contributed by atoms with Crippen molar-refractivity contribution in [2.24, 2.45) is 0 Å². The molecule has 4 aromatic heterocycles. The van der Waals surface area contributed by atoms with E-state index in [1.54, 1.807) is 0 Å². The first-order valence-corrected chi connectivity index (χ1v) is 19.6. The van der Waals surface area contributed by atoms with E-state index in [0.29, 0.717) is 0 Å². The van der Waals surface area contributed by atoms with E-state index in [0.717, 1.165) is 45.8 Å². The summed E-state index contributed by atoms with van der Waals surface area (Å²) < 4.78 is 0. The second-order valence-corrected chi connectivity index (χ2v) is 15.9. The molecule has 6 heteroatoms. The molecule has 4 aromatic carbocycles. The molecule has 278 valence electrons. The lowest BCUT2D eigenvalue weighted by molar-refractivity contribution is 0.660. The van der Waals surface area contributed by atoms with Gasteiger partial charge in [-0.1, -0.05) is 88.1 Å². The van der Waals surface area contributed by atoms with Crippen LogP contribution >= 0.6 is 0 Å². The summed E-state index contributed by atoms with van der Waals surface area (Å²) in [4.78, 5) is 23.0. The monoisotopic (exact) mass is 748 g/mol. The first-order valence-electron chi connectivity index (χ1n) is 19.6. The van der Waals surface area contributed by atoms with Crippen LogP contribution < -0.4 is 9.80 Å². The summed E-state index contributed by atoms with van der Waals surface area (Å²) in [7, 11) is 0. The van der Waals surface area contributed by atoms with Crippen LogP contribution in [0.4, 0.5) is 34.6 Å². The molecular weight excluding hydrogens is 709 g/mol. The van der Waals surface area contributed by atoms with Crippen LogP contribution in [0.2, 0.25) is 0 Å². The molecule has 0 atom stereocenters. The second kappa shape index (κ2) is 13.7. The van der Waals surface area contributed by atoms with Crippen molar-refractivity contribution < 1.29 is 0 Å². The van der Waals surface area contributed by atoms with Gasteiger partial charge in [0.05, 0.1) is 0 Å². The fourth-order valence-electron chi connectivity index (χ4n) is 8.74. The zero-order valence-electron chi connectivity index (χ0n) is 32.8. The highest BCUT2D eigenvalue weighted by molar-refractivity contribution is 5.87. The van der Waals surface area contributed by atoms with Crippen LogP contribution in [0.3, 0.4) is 0 Å². The lowest BCUT2D eigenvalue weighted by Crippen LogP contribution is -2.17. The van der Waals surface area contributed by atoms with Crippen LogP contribution in [0, 0.1) is 11.8 Å². The zero-order valence-corrected chi connectivity index (χ0v) is 32.8. The molecule has 0 unspecified atom stereocenters. The molecule has 2 aliphatic rings. The third-order valence-corrected chi connectivity index (χ3v) is 11.7. The molecule has 0 fully saturated rings. The number of nitrogens with zero attached hydrogens (tertiary/aromatic N) is 6. The Bertz CT molecular complexity index is 2620. The molecule has 58 heavy (non-hydrogen) atoms. The van der Waals surface area contributed by atoms with E-state index in [1.807, 2.05) is 97.6 Å². The highest BCUT2D eigenvalue weighted by atomic mass is 15.2. The number of rotatable bonds is 6. The molecule has 0 bridgehead atoms. The average molecular weight is 749 g/mol. The number of fused-ring (bicyclic) bond motifs is 6. The number of benzene rings is 4. The van der Waals surface area contributed by atoms with Crippen molar-refractivity contribution in [1.82, 2.24) is 19.9 Å². The fraction of sp³-hybridized carbons (Fsp3) is 0.115. The van der Waals surface area contributed by atoms with Gasteiger partial charge in [-0.3, -0.25) is 9.80 Å². The third-order valence-electron chi connectivity index (χ3n) is 11.7. The van der Waals surface area contributed by atoms with Crippen molar-refractivity contribution >= 4 is 34.6 Å². The summed E-state index contributed by atoms with van der Waals surface area (Å²) >= 11 is 0. The third kappa shape index (κ3) is 5.83. The Morgan fingerprint density at radius 2 is 0.672 bits per heavy atom. The largest absolute Gasteiger partial charge is 0.279 e. The Balaban J connectivity index is 0.953. The molecule has 0 amide bonds. The first-order chi connectivity index (χ1) is 28.3. The Kier molecular flexibility index (Phi) is 8.28. The number of pyridine rings is 4. The summed E-state index contributed by atoms with van der Waals surface area (Å²) in [6.45, 7) is 9.23. The minimum atomic E-state index is -0.233. The van der Waals surface area contributed by atoms with Crippen molar-refractivity contribution in [2.45, 2.75) is 38.5 Å². The van der Waals surface area contributed by atoms with Crippen LogP contribution in [0.1, 0.15) is 61.1 Å². The second-order valence-electron chi connectivity index (χ2n) is 15.9. The van der Waals surface area contributed by atoms with Gasteiger partial charge in [0.1, 0.15) is 23.3 Å².